The van der Waals surface area contributed by atoms with Gasteiger partial charge in [-0.1, -0.05) is 0 Å². The van der Waals surface area contributed by atoms with E-state index in [1.54, 1.807) is 14.2 Å². The van der Waals surface area contributed by atoms with E-state index in [1.807, 2.05) is 0 Å². The van der Waals surface area contributed by atoms with Crippen molar-refractivity contribution in [3.8, 4) is 11.5 Å². The second-order valence-corrected chi connectivity index (χ2v) is 14.8. The zero-order valence-electron chi connectivity index (χ0n) is 21.5. The van der Waals surface area contributed by atoms with Crippen LogP contribution in [0.2, 0.25) is 3.34 Å². The maximum Gasteiger partial charge on any atom is -1.00 e. The fourth-order valence-electron chi connectivity index (χ4n) is 5.49. The molecule has 0 aromatic heterocycles. The number of methoxy groups -OCH3 is 2. The van der Waals surface area contributed by atoms with E-state index in [-0.39, 0.29) is 40.6 Å². The molecule has 0 aliphatic heterocycles. The van der Waals surface area contributed by atoms with Gasteiger partial charge < -0.3 is 37.2 Å². The Morgan fingerprint density at radius 1 is 0.556 bits per heavy atom. The van der Waals surface area contributed by atoms with E-state index in [2.05, 4.69) is 127 Å². The minimum atomic E-state index is -2.62. The molecule has 0 saturated heterocycles. The van der Waals surface area contributed by atoms with Gasteiger partial charge in [-0.3, -0.25) is 0 Å². The molecular weight excluding hydrogens is 563 g/mol. The summed E-state index contributed by atoms with van der Waals surface area (Å²) in [6, 6.07) is 28.7. The number of benzene rings is 3. The van der Waals surface area contributed by atoms with Crippen LogP contribution in [0.15, 0.2) is 101 Å². The maximum atomic E-state index is 5.53. The minimum Gasteiger partial charge on any atom is -1.00 e. The van der Waals surface area contributed by atoms with E-state index < -0.39 is 8.07 Å². The standard InChI is InChI=1S/C29H31O2Si.3ClH.Ti/c1-20-21(2)23(4)29(22(20)3)32(26-10-8-7-9-11-26,27-16-12-24(30-5)13-17-27)28-18-14-25(31-6)15-19-28;;;;/h7-19H,1-6H3;3*1H;/q;;;;+3/p-3. The Hall–Kier alpha value is -1.46. The third-order valence-corrected chi connectivity index (χ3v) is 16.0. The maximum absolute atomic E-state index is 5.53. The Morgan fingerprint density at radius 3 is 1.22 bits per heavy atom. The predicted molar refractivity (Wildman–Crippen MR) is 137 cm³/mol. The molecule has 1 aliphatic carbocycles. The largest absolute Gasteiger partial charge is 1.00 e. The van der Waals surface area contributed by atoms with Gasteiger partial charge in [0, 0.05) is 0 Å². The molecule has 0 radical (unpaired) electrons. The number of allylic oxidation sites excluding steroid dienone is 4. The van der Waals surface area contributed by atoms with Crippen LogP contribution in [0.5, 0.6) is 11.5 Å². The van der Waals surface area contributed by atoms with Gasteiger partial charge in [0.2, 0.25) is 0 Å². The summed E-state index contributed by atoms with van der Waals surface area (Å²) >= 11 is 2.48. The summed E-state index contributed by atoms with van der Waals surface area (Å²) in [5, 5.41) is 4.16. The van der Waals surface area contributed by atoms with E-state index in [1.165, 1.54) is 37.9 Å². The van der Waals surface area contributed by atoms with E-state index in [0.29, 0.717) is 0 Å². The van der Waals surface area contributed by atoms with Crippen LogP contribution >= 0.6 is 0 Å². The fourth-order valence-corrected chi connectivity index (χ4v) is 13.9. The number of ether oxygens (including phenoxy) is 2. The summed E-state index contributed by atoms with van der Waals surface area (Å²) < 4.78 is 10.9. The van der Waals surface area contributed by atoms with Gasteiger partial charge >= 0.3 is 211 Å². The number of hydrogen-bond donors (Lipinski definition) is 0. The number of rotatable bonds is 6. The third kappa shape index (κ3) is 4.87. The first-order chi connectivity index (χ1) is 15.8. The van der Waals surface area contributed by atoms with Crippen LogP contribution < -0.4 is 62.3 Å². The van der Waals surface area contributed by atoms with Crippen molar-refractivity contribution in [1.82, 2.24) is 0 Å². The van der Waals surface area contributed by atoms with Crippen LogP contribution in [0, 0.1) is 0 Å². The van der Waals surface area contributed by atoms with Crippen LogP contribution in [0.4, 0.5) is 0 Å². The average molecular weight is 594 g/mol. The molecule has 0 spiro atoms. The van der Waals surface area contributed by atoms with Crippen LogP contribution in [-0.2, 0) is 20.4 Å². The second kappa shape index (κ2) is 12.9. The quantitative estimate of drug-likeness (QED) is 0.215. The predicted octanol–water partition coefficient (Wildman–Crippen LogP) is -3.88. The molecule has 0 unspecified atom stereocenters. The number of hydrogen-bond acceptors (Lipinski definition) is 2. The number of halogens is 3. The molecule has 0 atom stereocenters. The Bertz CT molecular complexity index is 1150. The Balaban J connectivity index is 0.00000216. The molecule has 3 aromatic carbocycles. The first-order valence-corrected chi connectivity index (χ1v) is 14.1. The van der Waals surface area contributed by atoms with Crippen molar-refractivity contribution < 1.29 is 67.1 Å². The summed E-state index contributed by atoms with van der Waals surface area (Å²) in [5.41, 5.74) is 5.79. The molecule has 0 bridgehead atoms. The van der Waals surface area contributed by atoms with Crippen LogP contribution in [0.25, 0.3) is 0 Å². The van der Waals surface area contributed by atoms with Crippen LogP contribution in [0.1, 0.15) is 27.7 Å². The molecule has 3 aromatic rings. The fraction of sp³-hybridized carbons (Fsp3) is 0.241. The van der Waals surface area contributed by atoms with Crippen LogP contribution in [0.3, 0.4) is 0 Å². The molecule has 1 aliphatic rings. The molecule has 0 N–H and O–H groups in total. The van der Waals surface area contributed by atoms with Gasteiger partial charge in [-0.2, -0.15) is 0 Å². The average Bonchev–Trinajstić information content (AvgIpc) is 3.02. The molecule has 7 heteroatoms. The monoisotopic (exact) mass is 592 g/mol. The SMILES string of the molecule is COc1ccc([Si](c2ccccc2)(c2ccc(OC)cc2)[C]2([Ti+3])C(C)=C(C)C(C)=C2C)cc1.[Cl-].[Cl-].[Cl-]. The molecule has 0 fully saturated rings. The Kier molecular flexibility index (Phi) is 11.6. The van der Waals surface area contributed by atoms with E-state index in [9.17, 15) is 0 Å². The summed E-state index contributed by atoms with van der Waals surface area (Å²) in [6.45, 7) is 9.25. The molecule has 0 heterocycles. The van der Waals surface area contributed by atoms with Gasteiger partial charge in [0.15, 0.2) is 0 Å². The first-order valence-electron chi connectivity index (χ1n) is 11.3. The topological polar surface area (TPSA) is 18.5 Å². The van der Waals surface area contributed by atoms with Gasteiger partial charge in [-0.15, -0.1) is 0 Å². The molecule has 0 saturated carbocycles. The first kappa shape index (κ1) is 32.6. The van der Waals surface area contributed by atoms with E-state index >= 15 is 0 Å². The summed E-state index contributed by atoms with van der Waals surface area (Å²) in [5.74, 6) is 1.76. The van der Waals surface area contributed by atoms with Gasteiger partial charge in [0.1, 0.15) is 0 Å². The molecule has 0 amide bonds. The van der Waals surface area contributed by atoms with Crippen molar-refractivity contribution in [2.45, 2.75) is 31.0 Å². The Labute approximate surface area is 247 Å². The van der Waals surface area contributed by atoms with Gasteiger partial charge in [-0.25, -0.2) is 0 Å². The minimum absolute atomic E-state index is 0. The van der Waals surface area contributed by atoms with Crippen molar-refractivity contribution >= 4 is 23.6 Å². The normalized spacial score (nSPS) is 14.4. The summed E-state index contributed by atoms with van der Waals surface area (Å²) in [4.78, 5) is 0. The molecule has 188 valence electrons. The Morgan fingerprint density at radius 2 is 0.889 bits per heavy atom. The summed E-state index contributed by atoms with van der Waals surface area (Å²) in [7, 11) is 0.832. The van der Waals surface area contributed by atoms with Gasteiger partial charge in [0.05, 0.1) is 0 Å². The zero-order chi connectivity index (χ0) is 23.8. The third-order valence-electron chi connectivity index (χ3n) is 7.63. The van der Waals surface area contributed by atoms with Crippen molar-refractivity contribution in [2.75, 3.05) is 14.2 Å². The van der Waals surface area contributed by atoms with Gasteiger partial charge in [-0.05, 0) is 0 Å². The van der Waals surface area contributed by atoms with Gasteiger partial charge in [0.25, 0.3) is 0 Å². The van der Waals surface area contributed by atoms with Crippen molar-refractivity contribution in [2.24, 2.45) is 0 Å². The van der Waals surface area contributed by atoms with Crippen molar-refractivity contribution in [3.05, 3.63) is 101 Å². The molecule has 4 rings (SSSR count). The smallest absolute Gasteiger partial charge is 1.00 e. The van der Waals surface area contributed by atoms with Crippen LogP contribution in [-0.4, -0.2) is 22.3 Å². The second-order valence-electron chi connectivity index (χ2n) is 8.82. The zero-order valence-corrected chi connectivity index (χ0v) is 26.3. The molecular formula is C29H31Cl3O2SiTi. The molecule has 36 heavy (non-hydrogen) atoms. The van der Waals surface area contributed by atoms with Crippen molar-refractivity contribution in [3.63, 3.8) is 0 Å². The van der Waals surface area contributed by atoms with Crippen molar-refractivity contribution in [1.29, 1.82) is 0 Å². The summed E-state index contributed by atoms with van der Waals surface area (Å²) in [6.07, 6.45) is 0. The van der Waals surface area contributed by atoms with E-state index in [0.717, 1.165) is 11.5 Å². The van der Waals surface area contributed by atoms with E-state index in [4.69, 9.17) is 9.47 Å². The molecule has 2 nitrogen and oxygen atoms in total.